The van der Waals surface area contributed by atoms with Crippen molar-refractivity contribution in [3.05, 3.63) is 119 Å². The van der Waals surface area contributed by atoms with E-state index < -0.39 is 21.4 Å². The van der Waals surface area contributed by atoms with Gasteiger partial charge in [-0.15, -0.1) is 0 Å². The zero-order valence-corrected chi connectivity index (χ0v) is 24.3. The highest BCUT2D eigenvalue weighted by Gasteiger charge is 2.27. The van der Waals surface area contributed by atoms with Crippen LogP contribution in [0, 0.1) is 5.82 Å². The molecule has 1 aliphatic heterocycles. The first kappa shape index (κ1) is 29.6. The van der Waals surface area contributed by atoms with Crippen molar-refractivity contribution in [1.29, 1.82) is 0 Å². The van der Waals surface area contributed by atoms with E-state index in [1.807, 2.05) is 60.7 Å². The number of ether oxygens (including phenoxy) is 1. The maximum atomic E-state index is 14.4. The van der Waals surface area contributed by atoms with Gasteiger partial charge in [-0.25, -0.2) is 17.8 Å². The van der Waals surface area contributed by atoms with Crippen LogP contribution in [0.5, 0.6) is 0 Å². The standard InChI is InChI=1S/C32H35FN4O4S/c33-30-14-8-7-13-28(30)25-42(39,40)32-34-22-29(37(32)23-27-11-5-2-6-12-27)24-36(16-15-35-17-19-41-20-18-35)31(38)21-26-9-3-1-4-10-26/h1-14,22H,15-21,23-25H2. The van der Waals surface area contributed by atoms with E-state index in [2.05, 4.69) is 9.88 Å². The summed E-state index contributed by atoms with van der Waals surface area (Å²) in [6.07, 6.45) is 1.75. The van der Waals surface area contributed by atoms with Gasteiger partial charge in [0.05, 0.1) is 50.4 Å². The molecular weight excluding hydrogens is 555 g/mol. The molecule has 0 aliphatic carbocycles. The van der Waals surface area contributed by atoms with Gasteiger partial charge in [0.15, 0.2) is 0 Å². The topological polar surface area (TPSA) is 84.7 Å². The van der Waals surface area contributed by atoms with E-state index in [4.69, 9.17) is 4.74 Å². The molecule has 0 atom stereocenters. The third kappa shape index (κ3) is 7.70. The van der Waals surface area contributed by atoms with Crippen LogP contribution in [-0.2, 0) is 44.6 Å². The van der Waals surface area contributed by atoms with Crippen LogP contribution in [0.2, 0.25) is 0 Å². The maximum absolute atomic E-state index is 14.4. The minimum absolute atomic E-state index is 0.0577. The van der Waals surface area contributed by atoms with Crippen LogP contribution in [0.3, 0.4) is 0 Å². The van der Waals surface area contributed by atoms with Crippen molar-refractivity contribution in [3.8, 4) is 0 Å². The number of carbonyl (C=O) groups excluding carboxylic acids is 1. The molecule has 0 N–H and O–H groups in total. The predicted molar refractivity (Wildman–Crippen MR) is 158 cm³/mol. The largest absolute Gasteiger partial charge is 0.379 e. The summed E-state index contributed by atoms with van der Waals surface area (Å²) < 4.78 is 48.8. The van der Waals surface area contributed by atoms with Gasteiger partial charge in [-0.1, -0.05) is 78.9 Å². The summed E-state index contributed by atoms with van der Waals surface area (Å²) in [5, 5.41) is -0.145. The molecule has 3 aromatic carbocycles. The summed E-state index contributed by atoms with van der Waals surface area (Å²) >= 11 is 0. The van der Waals surface area contributed by atoms with Crippen LogP contribution >= 0.6 is 0 Å². The van der Waals surface area contributed by atoms with Gasteiger partial charge in [-0.3, -0.25) is 9.69 Å². The number of nitrogens with zero attached hydrogens (tertiary/aromatic N) is 4. The predicted octanol–water partition coefficient (Wildman–Crippen LogP) is 3.95. The third-order valence-corrected chi connectivity index (χ3v) is 8.93. The zero-order chi connectivity index (χ0) is 29.4. The maximum Gasteiger partial charge on any atom is 0.228 e. The third-order valence-electron chi connectivity index (χ3n) is 7.36. The number of rotatable bonds is 12. The summed E-state index contributed by atoms with van der Waals surface area (Å²) in [6, 6.07) is 24.9. The summed E-state index contributed by atoms with van der Waals surface area (Å²) in [6.45, 7) is 4.48. The van der Waals surface area contributed by atoms with Crippen LogP contribution in [0.15, 0.2) is 96.3 Å². The number of carbonyl (C=O) groups is 1. The van der Waals surface area contributed by atoms with Gasteiger partial charge in [-0.2, -0.15) is 0 Å². The number of hydrogen-bond acceptors (Lipinski definition) is 6. The smallest absolute Gasteiger partial charge is 0.228 e. The minimum Gasteiger partial charge on any atom is -0.379 e. The molecule has 0 bridgehead atoms. The number of imidazole rings is 1. The Morgan fingerprint density at radius 3 is 2.24 bits per heavy atom. The fourth-order valence-corrected chi connectivity index (χ4v) is 6.55. The van der Waals surface area contributed by atoms with Crippen LogP contribution in [0.1, 0.15) is 22.4 Å². The Bertz CT molecular complexity index is 1570. The molecule has 1 aliphatic rings. The lowest BCUT2D eigenvalue weighted by Crippen LogP contribution is -2.43. The van der Waals surface area contributed by atoms with Gasteiger partial charge in [0, 0.05) is 31.7 Å². The van der Waals surface area contributed by atoms with Gasteiger partial charge in [0.25, 0.3) is 0 Å². The van der Waals surface area contributed by atoms with Gasteiger partial charge in [0.2, 0.25) is 20.9 Å². The highest BCUT2D eigenvalue weighted by Crippen LogP contribution is 2.22. The number of amides is 1. The second-order valence-corrected chi connectivity index (χ2v) is 12.3. The normalized spacial score (nSPS) is 14.1. The first-order chi connectivity index (χ1) is 20.4. The van der Waals surface area contributed by atoms with Crippen molar-refractivity contribution in [2.75, 3.05) is 39.4 Å². The van der Waals surface area contributed by atoms with Crippen molar-refractivity contribution in [1.82, 2.24) is 19.4 Å². The number of hydrogen-bond donors (Lipinski definition) is 0. The summed E-state index contributed by atoms with van der Waals surface area (Å²) in [5.41, 5.74) is 2.47. The molecule has 2 heterocycles. The molecule has 0 spiro atoms. The SMILES string of the molecule is O=C(Cc1ccccc1)N(CCN1CCOCC1)Cc1cnc(S(=O)(=O)Cc2ccccc2F)n1Cc1ccccc1. The zero-order valence-electron chi connectivity index (χ0n) is 23.4. The number of sulfone groups is 1. The quantitative estimate of drug-likeness (QED) is 0.249. The average Bonchev–Trinajstić information content (AvgIpc) is 3.40. The number of halogens is 1. The van der Waals surface area contributed by atoms with Crippen LogP contribution in [0.25, 0.3) is 0 Å². The Balaban J connectivity index is 1.45. The van der Waals surface area contributed by atoms with E-state index in [9.17, 15) is 17.6 Å². The monoisotopic (exact) mass is 590 g/mol. The van der Waals surface area contributed by atoms with Crippen molar-refractivity contribution in [2.24, 2.45) is 0 Å². The highest BCUT2D eigenvalue weighted by atomic mass is 32.2. The van der Waals surface area contributed by atoms with Crippen LogP contribution in [0.4, 0.5) is 4.39 Å². The Hall–Kier alpha value is -3.86. The molecule has 220 valence electrons. The Morgan fingerprint density at radius 1 is 0.905 bits per heavy atom. The minimum atomic E-state index is -4.01. The molecule has 1 amide bonds. The Morgan fingerprint density at radius 2 is 1.55 bits per heavy atom. The van der Waals surface area contributed by atoms with E-state index in [1.165, 1.54) is 24.4 Å². The highest BCUT2D eigenvalue weighted by molar-refractivity contribution is 7.90. The van der Waals surface area contributed by atoms with E-state index in [1.54, 1.807) is 15.5 Å². The Kier molecular flexibility index (Phi) is 9.78. The van der Waals surface area contributed by atoms with Crippen molar-refractivity contribution < 1.29 is 22.3 Å². The fraction of sp³-hybridized carbons (Fsp3) is 0.312. The average molecular weight is 591 g/mol. The van der Waals surface area contributed by atoms with Crippen molar-refractivity contribution >= 4 is 15.7 Å². The molecule has 0 unspecified atom stereocenters. The molecule has 1 fully saturated rings. The first-order valence-corrected chi connectivity index (χ1v) is 15.7. The second-order valence-electron chi connectivity index (χ2n) is 10.4. The van der Waals surface area contributed by atoms with Gasteiger partial charge >= 0.3 is 0 Å². The van der Waals surface area contributed by atoms with Crippen molar-refractivity contribution in [3.63, 3.8) is 0 Å². The molecule has 4 aromatic rings. The molecule has 0 radical (unpaired) electrons. The lowest BCUT2D eigenvalue weighted by atomic mass is 10.1. The fourth-order valence-electron chi connectivity index (χ4n) is 5.04. The van der Waals surface area contributed by atoms with E-state index in [0.29, 0.717) is 32.0 Å². The molecule has 10 heteroatoms. The molecular formula is C32H35FN4O4S. The van der Waals surface area contributed by atoms with E-state index in [0.717, 1.165) is 24.2 Å². The van der Waals surface area contributed by atoms with E-state index in [-0.39, 0.29) is 36.1 Å². The molecule has 8 nitrogen and oxygen atoms in total. The van der Waals surface area contributed by atoms with Crippen LogP contribution < -0.4 is 0 Å². The summed E-state index contributed by atoms with van der Waals surface area (Å²) in [4.78, 5) is 22.0. The molecule has 0 saturated carbocycles. The molecule has 1 aromatic heterocycles. The first-order valence-electron chi connectivity index (χ1n) is 14.1. The lowest BCUT2D eigenvalue weighted by molar-refractivity contribution is -0.131. The van der Waals surface area contributed by atoms with Gasteiger partial charge < -0.3 is 14.2 Å². The summed E-state index contributed by atoms with van der Waals surface area (Å²) in [5.74, 6) is -1.15. The van der Waals surface area contributed by atoms with Gasteiger partial charge in [0.1, 0.15) is 5.82 Å². The molecule has 5 rings (SSSR count). The number of morpholine rings is 1. The Labute approximate surface area is 246 Å². The van der Waals surface area contributed by atoms with Crippen LogP contribution in [-0.4, -0.2) is 73.1 Å². The lowest BCUT2D eigenvalue weighted by Gasteiger charge is -2.30. The van der Waals surface area contributed by atoms with Gasteiger partial charge in [-0.05, 0) is 17.2 Å². The number of benzene rings is 3. The molecule has 42 heavy (non-hydrogen) atoms. The molecule has 1 saturated heterocycles. The summed E-state index contributed by atoms with van der Waals surface area (Å²) in [7, 11) is -4.01. The van der Waals surface area contributed by atoms with E-state index >= 15 is 0 Å². The second kappa shape index (κ2) is 13.9. The number of aromatic nitrogens is 2. The van der Waals surface area contributed by atoms with Crippen molar-refractivity contribution in [2.45, 2.75) is 30.4 Å².